The minimum atomic E-state index is -0.186. The number of anilines is 2. The van der Waals surface area contributed by atoms with Crippen LogP contribution in [0.4, 0.5) is 11.5 Å². The fraction of sp³-hybridized carbons (Fsp3) is 0.241. The lowest BCUT2D eigenvalue weighted by Gasteiger charge is -2.12. The molecule has 184 valence electrons. The molecule has 0 unspecified atom stereocenters. The molecule has 4 aromatic rings. The van der Waals surface area contributed by atoms with Gasteiger partial charge >= 0.3 is 0 Å². The normalized spacial score (nSPS) is 14.7. The average molecular weight is 491 g/mol. The molecule has 2 N–H and O–H groups in total. The lowest BCUT2D eigenvalue weighted by atomic mass is 10.0. The largest absolute Gasteiger partial charge is 0.321 e. The van der Waals surface area contributed by atoms with Crippen molar-refractivity contribution in [1.29, 1.82) is 0 Å². The van der Waals surface area contributed by atoms with Gasteiger partial charge in [0.1, 0.15) is 5.82 Å². The molecule has 2 amide bonds. The van der Waals surface area contributed by atoms with E-state index < -0.39 is 0 Å². The number of nitrogens with zero attached hydrogens (tertiary/aromatic N) is 4. The van der Waals surface area contributed by atoms with Gasteiger partial charge in [0.25, 0.3) is 5.91 Å². The number of pyridine rings is 4. The third kappa shape index (κ3) is 5.23. The maximum absolute atomic E-state index is 12.9. The van der Waals surface area contributed by atoms with Gasteiger partial charge in [0.15, 0.2) is 0 Å². The Balaban J connectivity index is 1.24. The molecule has 4 aromatic heterocycles. The van der Waals surface area contributed by atoms with E-state index in [4.69, 9.17) is 0 Å². The number of nitrogens with one attached hydrogen (secondary N) is 2. The molecule has 2 saturated carbocycles. The van der Waals surface area contributed by atoms with Crippen LogP contribution in [0.1, 0.15) is 53.3 Å². The van der Waals surface area contributed by atoms with E-state index >= 15 is 0 Å². The Morgan fingerprint density at radius 2 is 1.59 bits per heavy atom. The summed E-state index contributed by atoms with van der Waals surface area (Å²) in [5, 5.41) is 5.86. The van der Waals surface area contributed by atoms with Crippen molar-refractivity contribution in [3.05, 3.63) is 84.2 Å². The first kappa shape index (κ1) is 23.0. The van der Waals surface area contributed by atoms with Gasteiger partial charge in [-0.1, -0.05) is 0 Å². The van der Waals surface area contributed by atoms with Crippen molar-refractivity contribution in [3.8, 4) is 22.4 Å². The third-order valence-corrected chi connectivity index (χ3v) is 6.71. The Hall–Kier alpha value is -4.46. The van der Waals surface area contributed by atoms with Crippen LogP contribution in [-0.4, -0.2) is 31.8 Å². The molecular weight excluding hydrogens is 464 g/mol. The van der Waals surface area contributed by atoms with Gasteiger partial charge in [-0.2, -0.15) is 0 Å². The molecule has 2 fully saturated rings. The molecule has 8 heteroatoms. The van der Waals surface area contributed by atoms with Gasteiger partial charge in [-0.25, -0.2) is 4.98 Å². The fourth-order valence-electron chi connectivity index (χ4n) is 4.28. The summed E-state index contributed by atoms with van der Waals surface area (Å²) in [5.74, 6) is 0.933. The van der Waals surface area contributed by atoms with Crippen LogP contribution in [0.5, 0.6) is 0 Å². The minimum Gasteiger partial charge on any atom is -0.321 e. The van der Waals surface area contributed by atoms with Crippen molar-refractivity contribution < 1.29 is 9.59 Å². The second kappa shape index (κ2) is 9.54. The van der Waals surface area contributed by atoms with Crippen molar-refractivity contribution in [3.63, 3.8) is 0 Å². The van der Waals surface area contributed by atoms with Gasteiger partial charge in [-0.05, 0) is 80.6 Å². The fourth-order valence-corrected chi connectivity index (χ4v) is 4.28. The number of rotatable bonds is 7. The molecule has 0 bridgehead atoms. The Bertz CT molecular complexity index is 1510. The number of aromatic nitrogens is 4. The quantitative estimate of drug-likeness (QED) is 0.360. The highest BCUT2D eigenvalue weighted by Gasteiger charge is 2.30. The second-order valence-electron chi connectivity index (χ2n) is 9.68. The summed E-state index contributed by atoms with van der Waals surface area (Å²) < 4.78 is 0. The highest BCUT2D eigenvalue weighted by molar-refractivity contribution is 6.04. The number of carbonyl (C=O) groups is 2. The molecule has 0 radical (unpaired) electrons. The van der Waals surface area contributed by atoms with Crippen LogP contribution in [-0.2, 0) is 4.79 Å². The van der Waals surface area contributed by atoms with Crippen LogP contribution in [0.2, 0.25) is 0 Å². The predicted molar refractivity (Wildman–Crippen MR) is 141 cm³/mol. The van der Waals surface area contributed by atoms with Gasteiger partial charge in [-0.3, -0.25) is 24.5 Å². The molecule has 0 aliphatic heterocycles. The lowest BCUT2D eigenvalue weighted by Crippen LogP contribution is -2.14. The summed E-state index contributed by atoms with van der Waals surface area (Å²) in [4.78, 5) is 42.8. The maximum Gasteiger partial charge on any atom is 0.255 e. The van der Waals surface area contributed by atoms with E-state index in [1.54, 1.807) is 30.9 Å². The maximum atomic E-state index is 12.9. The van der Waals surface area contributed by atoms with Crippen molar-refractivity contribution >= 4 is 23.3 Å². The summed E-state index contributed by atoms with van der Waals surface area (Å²) in [5.41, 5.74) is 6.43. The van der Waals surface area contributed by atoms with E-state index in [9.17, 15) is 9.59 Å². The number of carbonyl (C=O) groups excluding carboxylic acids is 2. The van der Waals surface area contributed by atoms with Crippen LogP contribution in [0.15, 0.2) is 67.3 Å². The van der Waals surface area contributed by atoms with Crippen LogP contribution in [0, 0.1) is 12.8 Å². The Morgan fingerprint density at radius 1 is 0.811 bits per heavy atom. The Labute approximate surface area is 214 Å². The third-order valence-electron chi connectivity index (χ3n) is 6.71. The lowest BCUT2D eigenvalue weighted by molar-refractivity contribution is -0.117. The first-order chi connectivity index (χ1) is 18.0. The van der Waals surface area contributed by atoms with Crippen LogP contribution in [0.25, 0.3) is 22.4 Å². The zero-order valence-corrected chi connectivity index (χ0v) is 20.4. The summed E-state index contributed by atoms with van der Waals surface area (Å²) in [6.45, 7) is 1.93. The smallest absolute Gasteiger partial charge is 0.255 e. The van der Waals surface area contributed by atoms with Gasteiger partial charge in [0.2, 0.25) is 5.91 Å². The molecular formula is C29H26N6O2. The minimum absolute atomic E-state index is 0.0162. The molecule has 0 saturated heterocycles. The first-order valence-corrected chi connectivity index (χ1v) is 12.5. The molecule has 2 aliphatic rings. The number of hydrogen-bond donors (Lipinski definition) is 2. The van der Waals surface area contributed by atoms with Gasteiger partial charge in [0, 0.05) is 58.5 Å². The SMILES string of the molecule is Cc1ncc(NC(=O)c2ccnc(C3CC3)c2)cc1-c1ccnc(-c2ccnc(NC(=O)C3CC3)c2)c1. The molecule has 4 heterocycles. The topological polar surface area (TPSA) is 110 Å². The summed E-state index contributed by atoms with van der Waals surface area (Å²) in [6.07, 6.45) is 10.9. The second-order valence-corrected chi connectivity index (χ2v) is 9.68. The Morgan fingerprint density at radius 3 is 2.41 bits per heavy atom. The van der Waals surface area contributed by atoms with Gasteiger partial charge in [0.05, 0.1) is 17.6 Å². The number of amides is 2. The van der Waals surface area contributed by atoms with Crippen LogP contribution in [0.3, 0.4) is 0 Å². The molecule has 2 aliphatic carbocycles. The van der Waals surface area contributed by atoms with E-state index in [0.717, 1.165) is 59.5 Å². The van der Waals surface area contributed by atoms with Gasteiger partial charge in [-0.15, -0.1) is 0 Å². The molecule has 6 rings (SSSR count). The molecule has 0 spiro atoms. The first-order valence-electron chi connectivity index (χ1n) is 12.5. The van der Waals surface area contributed by atoms with E-state index in [0.29, 0.717) is 23.0 Å². The molecule has 0 atom stereocenters. The predicted octanol–water partition coefficient (Wildman–Crippen LogP) is 5.39. The van der Waals surface area contributed by atoms with Crippen molar-refractivity contribution in [1.82, 2.24) is 19.9 Å². The van der Waals surface area contributed by atoms with Crippen LogP contribution >= 0.6 is 0 Å². The number of hydrogen-bond acceptors (Lipinski definition) is 6. The van der Waals surface area contributed by atoms with Gasteiger partial charge < -0.3 is 10.6 Å². The summed E-state index contributed by atoms with van der Waals surface area (Å²) in [7, 11) is 0. The molecule has 8 nitrogen and oxygen atoms in total. The summed E-state index contributed by atoms with van der Waals surface area (Å²) >= 11 is 0. The molecule has 0 aromatic carbocycles. The zero-order valence-electron chi connectivity index (χ0n) is 20.4. The zero-order chi connectivity index (χ0) is 25.4. The molecule has 37 heavy (non-hydrogen) atoms. The van der Waals surface area contributed by atoms with Crippen molar-refractivity contribution in [2.24, 2.45) is 5.92 Å². The van der Waals surface area contributed by atoms with E-state index in [2.05, 4.69) is 30.6 Å². The average Bonchev–Trinajstić information content (AvgIpc) is 3.83. The van der Waals surface area contributed by atoms with Crippen LogP contribution < -0.4 is 10.6 Å². The highest BCUT2D eigenvalue weighted by Crippen LogP contribution is 2.39. The van der Waals surface area contributed by atoms with E-state index in [1.165, 1.54) is 0 Å². The monoisotopic (exact) mass is 490 g/mol. The van der Waals surface area contributed by atoms with E-state index in [1.807, 2.05) is 43.3 Å². The summed E-state index contributed by atoms with van der Waals surface area (Å²) in [6, 6.07) is 13.1. The Kier molecular flexibility index (Phi) is 5.92. The number of aryl methyl sites for hydroxylation is 1. The van der Waals surface area contributed by atoms with Crippen molar-refractivity contribution in [2.75, 3.05) is 10.6 Å². The standard InChI is InChI=1S/C29H26N6O2/c1-17-24(15-23(16-33-17)34-29(37)22-8-10-30-25(13-22)18-2-3-18)20-6-9-31-26(12-20)21-7-11-32-27(14-21)35-28(36)19-4-5-19/h6-16,18-19H,2-5H2,1H3,(H,34,37)(H,32,35,36). The van der Waals surface area contributed by atoms with Crippen molar-refractivity contribution in [2.45, 2.75) is 38.5 Å². The van der Waals surface area contributed by atoms with E-state index in [-0.39, 0.29) is 17.7 Å². The highest BCUT2D eigenvalue weighted by atomic mass is 16.2.